The van der Waals surface area contributed by atoms with Gasteiger partial charge in [0.15, 0.2) is 0 Å². The minimum absolute atomic E-state index is 0.162. The fraction of sp³-hybridized carbons (Fsp3) is 0.667. The Labute approximate surface area is 133 Å². The number of halogens is 3. The second kappa shape index (κ2) is 7.72. The molecule has 23 heavy (non-hydrogen) atoms. The molecule has 0 spiro atoms. The van der Waals surface area contributed by atoms with Gasteiger partial charge in [-0.25, -0.2) is 4.79 Å². The Hall–Kier alpha value is -1.70. The Kier molecular flexibility index (Phi) is 5.92. The number of aromatic nitrogens is 1. The number of piperidine rings is 1. The highest BCUT2D eigenvalue weighted by Gasteiger charge is 2.28. The number of carbonyl (C=O) groups excluding carboxylic acids is 1. The molecule has 1 aliphatic rings. The fourth-order valence-corrected chi connectivity index (χ4v) is 2.65. The van der Waals surface area contributed by atoms with Crippen molar-refractivity contribution in [1.82, 2.24) is 14.8 Å². The predicted octanol–water partition coefficient (Wildman–Crippen LogP) is 2.80. The van der Waals surface area contributed by atoms with Crippen LogP contribution in [0.2, 0.25) is 0 Å². The number of urea groups is 1. The van der Waals surface area contributed by atoms with Crippen molar-refractivity contribution in [3.63, 3.8) is 0 Å². The number of hydrogen-bond donors (Lipinski definition) is 1. The molecule has 1 aromatic rings. The summed E-state index contributed by atoms with van der Waals surface area (Å²) in [6, 6.07) is 3.62. The van der Waals surface area contributed by atoms with Crippen molar-refractivity contribution in [2.75, 3.05) is 26.3 Å². The number of alkyl halides is 3. The van der Waals surface area contributed by atoms with Gasteiger partial charge in [0.2, 0.25) is 0 Å². The van der Waals surface area contributed by atoms with E-state index in [1.807, 2.05) is 24.5 Å². The molecule has 1 aliphatic heterocycles. The maximum atomic E-state index is 12.1. The lowest BCUT2D eigenvalue weighted by Gasteiger charge is -2.33. The highest BCUT2D eigenvalue weighted by molar-refractivity contribution is 5.74. The number of carbonyl (C=O) groups is 1. The van der Waals surface area contributed by atoms with Crippen molar-refractivity contribution in [3.8, 4) is 0 Å². The molecule has 1 aromatic heterocycles. The lowest BCUT2D eigenvalue weighted by molar-refractivity contribution is -0.174. The topological polar surface area (TPSA) is 46.5 Å². The van der Waals surface area contributed by atoms with Gasteiger partial charge in [0.1, 0.15) is 6.61 Å². The van der Waals surface area contributed by atoms with Crippen LogP contribution in [-0.2, 0) is 4.74 Å². The van der Waals surface area contributed by atoms with E-state index in [0.717, 1.165) is 12.8 Å². The monoisotopic (exact) mass is 333 g/mol. The summed E-state index contributed by atoms with van der Waals surface area (Å²) in [5, 5.41) is 2.67. The largest absolute Gasteiger partial charge is 0.411 e. The highest BCUT2D eigenvalue weighted by Crippen LogP contribution is 2.22. The molecule has 0 saturated carbocycles. The molecule has 130 valence electrons. The second-order valence-corrected chi connectivity index (χ2v) is 5.83. The first-order valence-electron chi connectivity index (χ1n) is 7.67. The maximum Gasteiger partial charge on any atom is 0.411 e. The van der Waals surface area contributed by atoms with Crippen LogP contribution in [0.5, 0.6) is 0 Å². The SMILES string of the molecule is C[C@H](COCC(F)(F)F)NC(=O)N1CCC(n2cccc2)CC1. The van der Waals surface area contributed by atoms with Crippen LogP contribution in [0.15, 0.2) is 24.5 Å². The van der Waals surface area contributed by atoms with Gasteiger partial charge in [0, 0.05) is 31.5 Å². The number of hydrogen-bond acceptors (Lipinski definition) is 2. The molecule has 2 rings (SSSR count). The minimum atomic E-state index is -4.34. The van der Waals surface area contributed by atoms with Crippen LogP contribution in [0.25, 0.3) is 0 Å². The number of rotatable bonds is 5. The Morgan fingerprint density at radius 2 is 1.91 bits per heavy atom. The van der Waals surface area contributed by atoms with E-state index in [0.29, 0.717) is 19.1 Å². The summed E-state index contributed by atoms with van der Waals surface area (Å²) < 4.78 is 42.7. The van der Waals surface area contributed by atoms with E-state index in [2.05, 4.69) is 14.6 Å². The van der Waals surface area contributed by atoms with Crippen molar-refractivity contribution in [1.29, 1.82) is 0 Å². The quantitative estimate of drug-likeness (QED) is 0.901. The summed E-state index contributed by atoms with van der Waals surface area (Å²) in [6.07, 6.45) is 1.41. The number of likely N-dealkylation sites (tertiary alicyclic amines) is 1. The van der Waals surface area contributed by atoms with E-state index in [1.165, 1.54) is 0 Å². The van der Waals surface area contributed by atoms with E-state index >= 15 is 0 Å². The average molecular weight is 333 g/mol. The average Bonchev–Trinajstić information content (AvgIpc) is 3.00. The normalized spacial score (nSPS) is 18.0. The van der Waals surface area contributed by atoms with Crippen molar-refractivity contribution in [2.24, 2.45) is 0 Å². The second-order valence-electron chi connectivity index (χ2n) is 5.83. The number of amides is 2. The van der Waals surface area contributed by atoms with Gasteiger partial charge in [-0.2, -0.15) is 13.2 Å². The van der Waals surface area contributed by atoms with Gasteiger partial charge in [-0.05, 0) is 31.9 Å². The van der Waals surface area contributed by atoms with Crippen LogP contribution >= 0.6 is 0 Å². The van der Waals surface area contributed by atoms with Gasteiger partial charge >= 0.3 is 12.2 Å². The van der Waals surface area contributed by atoms with Gasteiger partial charge in [0.25, 0.3) is 0 Å². The summed E-state index contributed by atoms with van der Waals surface area (Å²) in [5.41, 5.74) is 0. The molecule has 0 bridgehead atoms. The first kappa shape index (κ1) is 17.7. The molecule has 0 radical (unpaired) electrons. The third kappa shape index (κ3) is 5.78. The highest BCUT2D eigenvalue weighted by atomic mass is 19.4. The molecular weight excluding hydrogens is 311 g/mol. The Morgan fingerprint density at radius 1 is 1.30 bits per heavy atom. The molecule has 1 N–H and O–H groups in total. The number of nitrogens with zero attached hydrogens (tertiary/aromatic N) is 2. The van der Waals surface area contributed by atoms with Crippen molar-refractivity contribution < 1.29 is 22.7 Å². The standard InChI is InChI=1S/C15H22F3N3O2/c1-12(10-23-11-15(16,17)18)19-14(22)21-8-4-13(5-9-21)20-6-2-3-7-20/h2-3,6-7,12-13H,4-5,8-11H2,1H3,(H,19,22)/t12-/m1/s1. The molecule has 8 heteroatoms. The molecule has 1 saturated heterocycles. The summed E-state index contributed by atoms with van der Waals surface area (Å²) in [5.74, 6) is 0. The molecule has 0 aromatic carbocycles. The van der Waals surface area contributed by atoms with E-state index in [-0.39, 0.29) is 12.6 Å². The molecule has 2 heterocycles. The predicted molar refractivity (Wildman–Crippen MR) is 79.1 cm³/mol. The number of ether oxygens (including phenoxy) is 1. The van der Waals surface area contributed by atoms with Gasteiger partial charge in [0.05, 0.1) is 12.6 Å². The van der Waals surface area contributed by atoms with Crippen LogP contribution < -0.4 is 5.32 Å². The van der Waals surface area contributed by atoms with Crippen LogP contribution in [0.3, 0.4) is 0 Å². The number of nitrogens with one attached hydrogen (secondary N) is 1. The zero-order valence-corrected chi connectivity index (χ0v) is 13.1. The van der Waals surface area contributed by atoms with Gasteiger partial charge in [-0.3, -0.25) is 0 Å². The molecule has 2 amide bonds. The van der Waals surface area contributed by atoms with Crippen molar-refractivity contribution >= 4 is 6.03 Å². The molecular formula is C15H22F3N3O2. The molecule has 5 nitrogen and oxygen atoms in total. The summed E-state index contributed by atoms with van der Waals surface area (Å²) in [7, 11) is 0. The van der Waals surface area contributed by atoms with Crippen LogP contribution in [0.1, 0.15) is 25.8 Å². The zero-order chi connectivity index (χ0) is 16.9. The maximum absolute atomic E-state index is 12.1. The molecule has 1 atom stereocenters. The van der Waals surface area contributed by atoms with Crippen LogP contribution in [-0.4, -0.2) is 54.0 Å². The third-order valence-corrected chi connectivity index (χ3v) is 3.80. The van der Waals surface area contributed by atoms with Crippen LogP contribution in [0, 0.1) is 0 Å². The zero-order valence-electron chi connectivity index (χ0n) is 13.1. The summed E-state index contributed by atoms with van der Waals surface area (Å²) in [4.78, 5) is 13.8. The van der Waals surface area contributed by atoms with Gasteiger partial charge in [-0.15, -0.1) is 0 Å². The molecule has 0 aliphatic carbocycles. The van der Waals surface area contributed by atoms with Crippen molar-refractivity contribution in [3.05, 3.63) is 24.5 Å². The van der Waals surface area contributed by atoms with Crippen LogP contribution in [0.4, 0.5) is 18.0 Å². The van der Waals surface area contributed by atoms with E-state index in [1.54, 1.807) is 11.8 Å². The lowest BCUT2D eigenvalue weighted by Crippen LogP contribution is -2.48. The minimum Gasteiger partial charge on any atom is -0.370 e. The Bertz CT molecular complexity index is 483. The molecule has 0 unspecified atom stereocenters. The Morgan fingerprint density at radius 3 is 2.48 bits per heavy atom. The van der Waals surface area contributed by atoms with Crippen molar-refractivity contribution in [2.45, 2.75) is 38.0 Å². The fourth-order valence-electron chi connectivity index (χ4n) is 2.65. The summed E-state index contributed by atoms with van der Waals surface area (Å²) >= 11 is 0. The third-order valence-electron chi connectivity index (χ3n) is 3.80. The first-order chi connectivity index (χ1) is 10.8. The van der Waals surface area contributed by atoms with Gasteiger partial charge < -0.3 is 19.5 Å². The smallest absolute Gasteiger partial charge is 0.370 e. The van der Waals surface area contributed by atoms with E-state index in [4.69, 9.17) is 0 Å². The first-order valence-corrected chi connectivity index (χ1v) is 7.67. The van der Waals surface area contributed by atoms with Gasteiger partial charge in [-0.1, -0.05) is 0 Å². The van der Waals surface area contributed by atoms with E-state index < -0.39 is 18.8 Å². The van der Waals surface area contributed by atoms with E-state index in [9.17, 15) is 18.0 Å². The Balaban J connectivity index is 1.68. The summed E-state index contributed by atoms with van der Waals surface area (Å²) in [6.45, 7) is 1.43. The molecule has 1 fully saturated rings. The lowest BCUT2D eigenvalue weighted by atomic mass is 10.1.